The highest BCUT2D eigenvalue weighted by atomic mass is 16.5. The molecule has 1 aliphatic heterocycles. The van der Waals surface area contributed by atoms with E-state index >= 15 is 0 Å². The average Bonchev–Trinajstić information content (AvgIpc) is 3.26. The highest BCUT2D eigenvalue weighted by molar-refractivity contribution is 6.46. The van der Waals surface area contributed by atoms with E-state index in [1.165, 1.54) is 0 Å². The Hall–Kier alpha value is -4.30. The number of Topliss-reactive ketones (excluding diaryl/α,β-unsaturated/α-hetero) is 1. The van der Waals surface area contributed by atoms with Crippen LogP contribution >= 0.6 is 0 Å². The standard InChI is InChI=1S/C34H40N2O6/c1-6-35(7-2)18-19-36-31(26-14-17-28(41-8-3)29(21-26)40-5)30(33(38)34(36)39)32(37)25-12-15-27(16-13-25)42-22-24-11-9-10-23(4)20-24/h9-17,20-21,31,37H,6-8,18-19,22H2,1-5H3. The first-order chi connectivity index (χ1) is 20.3. The number of likely N-dealkylation sites (tertiary alicyclic amines) is 1. The minimum absolute atomic E-state index is 0.0409. The predicted octanol–water partition coefficient (Wildman–Crippen LogP) is 5.74. The molecule has 1 aliphatic rings. The monoisotopic (exact) mass is 572 g/mol. The van der Waals surface area contributed by atoms with Gasteiger partial charge in [0.15, 0.2) is 11.5 Å². The van der Waals surface area contributed by atoms with Crippen molar-refractivity contribution in [3.8, 4) is 17.2 Å². The number of hydrogen-bond donors (Lipinski definition) is 1. The van der Waals surface area contributed by atoms with Crippen LogP contribution in [-0.4, -0.2) is 66.5 Å². The molecule has 0 bridgehead atoms. The van der Waals surface area contributed by atoms with Gasteiger partial charge in [0.05, 0.1) is 25.3 Å². The van der Waals surface area contributed by atoms with Crippen LogP contribution in [0.5, 0.6) is 17.2 Å². The maximum Gasteiger partial charge on any atom is 0.295 e. The van der Waals surface area contributed by atoms with Crippen LogP contribution in [0.3, 0.4) is 0 Å². The number of aryl methyl sites for hydroxylation is 1. The number of amides is 1. The highest BCUT2D eigenvalue weighted by Crippen LogP contribution is 2.42. The summed E-state index contributed by atoms with van der Waals surface area (Å²) in [6.07, 6.45) is 0. The molecular formula is C34H40N2O6. The lowest BCUT2D eigenvalue weighted by Gasteiger charge is -2.28. The summed E-state index contributed by atoms with van der Waals surface area (Å²) in [6, 6.07) is 19.5. The third-order valence-corrected chi connectivity index (χ3v) is 7.51. The molecule has 1 heterocycles. The van der Waals surface area contributed by atoms with Gasteiger partial charge in [-0.2, -0.15) is 0 Å². The summed E-state index contributed by atoms with van der Waals surface area (Å²) in [7, 11) is 1.54. The van der Waals surface area contributed by atoms with Gasteiger partial charge in [-0.1, -0.05) is 49.7 Å². The van der Waals surface area contributed by atoms with Crippen molar-refractivity contribution in [3.05, 3.63) is 94.6 Å². The number of carbonyl (C=O) groups excluding carboxylic acids is 2. The molecular weight excluding hydrogens is 532 g/mol. The fraction of sp³-hybridized carbons (Fsp3) is 0.353. The van der Waals surface area contributed by atoms with Crippen LogP contribution < -0.4 is 14.2 Å². The van der Waals surface area contributed by atoms with Gasteiger partial charge in [0.2, 0.25) is 0 Å². The average molecular weight is 573 g/mol. The molecule has 3 aromatic carbocycles. The Morgan fingerprint density at radius 1 is 0.929 bits per heavy atom. The third kappa shape index (κ3) is 6.77. The first-order valence-corrected chi connectivity index (χ1v) is 14.4. The molecule has 8 nitrogen and oxygen atoms in total. The molecule has 1 atom stereocenters. The molecule has 1 amide bonds. The Kier molecular flexibility index (Phi) is 10.3. The zero-order valence-electron chi connectivity index (χ0n) is 25.1. The number of methoxy groups -OCH3 is 1. The lowest BCUT2D eigenvalue weighted by atomic mass is 9.95. The number of ketones is 1. The van der Waals surface area contributed by atoms with Crippen LogP contribution in [0.15, 0.2) is 72.3 Å². The van der Waals surface area contributed by atoms with Crippen LogP contribution in [-0.2, 0) is 16.2 Å². The Balaban J connectivity index is 1.69. The van der Waals surface area contributed by atoms with Crippen LogP contribution in [0, 0.1) is 6.92 Å². The van der Waals surface area contributed by atoms with Crippen molar-refractivity contribution >= 4 is 17.4 Å². The molecule has 0 saturated carbocycles. The van der Waals surface area contributed by atoms with E-state index in [2.05, 4.69) is 24.8 Å². The van der Waals surface area contributed by atoms with Gasteiger partial charge in [0, 0.05) is 18.7 Å². The van der Waals surface area contributed by atoms with Gasteiger partial charge >= 0.3 is 0 Å². The lowest BCUT2D eigenvalue weighted by Crippen LogP contribution is -2.38. The summed E-state index contributed by atoms with van der Waals surface area (Å²) in [5.41, 5.74) is 3.32. The van der Waals surface area contributed by atoms with Crippen molar-refractivity contribution in [1.29, 1.82) is 0 Å². The number of likely N-dealkylation sites (N-methyl/N-ethyl adjacent to an activating group) is 1. The van der Waals surface area contributed by atoms with E-state index in [9.17, 15) is 14.7 Å². The summed E-state index contributed by atoms with van der Waals surface area (Å²) < 4.78 is 17.2. The summed E-state index contributed by atoms with van der Waals surface area (Å²) in [6.45, 7) is 11.5. The Bertz CT molecular complexity index is 1430. The van der Waals surface area contributed by atoms with Crippen LogP contribution in [0.25, 0.3) is 5.76 Å². The van der Waals surface area contributed by atoms with Gasteiger partial charge in [0.25, 0.3) is 11.7 Å². The Labute approximate surface area is 248 Å². The first kappa shape index (κ1) is 30.7. The second kappa shape index (κ2) is 14.0. The smallest absolute Gasteiger partial charge is 0.295 e. The number of aliphatic hydroxyl groups excluding tert-OH is 1. The molecule has 3 aromatic rings. The minimum atomic E-state index is -0.789. The summed E-state index contributed by atoms with van der Waals surface area (Å²) in [5.74, 6) is 0.0792. The van der Waals surface area contributed by atoms with E-state index < -0.39 is 17.7 Å². The molecule has 0 aliphatic carbocycles. The number of hydrogen-bond acceptors (Lipinski definition) is 7. The lowest BCUT2D eigenvalue weighted by molar-refractivity contribution is -0.140. The molecule has 1 saturated heterocycles. The van der Waals surface area contributed by atoms with Gasteiger partial charge in [-0.05, 0) is 74.5 Å². The fourth-order valence-corrected chi connectivity index (χ4v) is 5.21. The molecule has 42 heavy (non-hydrogen) atoms. The second-order valence-electron chi connectivity index (χ2n) is 10.2. The molecule has 1 N–H and O–H groups in total. The zero-order valence-corrected chi connectivity index (χ0v) is 25.1. The molecule has 0 radical (unpaired) electrons. The molecule has 1 fully saturated rings. The molecule has 4 rings (SSSR count). The van der Waals surface area contributed by atoms with Gasteiger partial charge in [-0.25, -0.2) is 0 Å². The largest absolute Gasteiger partial charge is 0.507 e. The number of nitrogens with zero attached hydrogens (tertiary/aromatic N) is 2. The maximum atomic E-state index is 13.5. The SMILES string of the molecule is CCOc1ccc(C2C(=C(O)c3ccc(OCc4cccc(C)c4)cc3)C(=O)C(=O)N2CCN(CC)CC)cc1OC. The number of aliphatic hydroxyl groups is 1. The normalized spacial score (nSPS) is 16.2. The Morgan fingerprint density at radius 2 is 1.67 bits per heavy atom. The van der Waals surface area contributed by atoms with Gasteiger partial charge in [-0.15, -0.1) is 0 Å². The molecule has 0 aromatic heterocycles. The third-order valence-electron chi connectivity index (χ3n) is 7.51. The zero-order chi connectivity index (χ0) is 30.2. The number of carbonyl (C=O) groups is 2. The van der Waals surface area contributed by atoms with E-state index in [-0.39, 0.29) is 11.3 Å². The second-order valence-corrected chi connectivity index (χ2v) is 10.2. The molecule has 0 spiro atoms. The fourth-order valence-electron chi connectivity index (χ4n) is 5.21. The summed E-state index contributed by atoms with van der Waals surface area (Å²) in [5, 5.41) is 11.5. The molecule has 8 heteroatoms. The van der Waals surface area contributed by atoms with Crippen LogP contribution in [0.1, 0.15) is 49.1 Å². The highest BCUT2D eigenvalue weighted by Gasteiger charge is 2.46. The summed E-state index contributed by atoms with van der Waals surface area (Å²) >= 11 is 0. The minimum Gasteiger partial charge on any atom is -0.507 e. The van der Waals surface area contributed by atoms with Crippen LogP contribution in [0.2, 0.25) is 0 Å². The molecule has 222 valence electrons. The predicted molar refractivity (Wildman–Crippen MR) is 163 cm³/mol. The first-order valence-electron chi connectivity index (χ1n) is 14.4. The van der Waals surface area contributed by atoms with Crippen molar-refractivity contribution < 1.29 is 28.9 Å². The van der Waals surface area contributed by atoms with E-state index in [0.29, 0.717) is 54.7 Å². The number of rotatable bonds is 13. The van der Waals surface area contributed by atoms with E-state index in [4.69, 9.17) is 14.2 Å². The summed E-state index contributed by atoms with van der Waals surface area (Å²) in [4.78, 5) is 30.6. The van der Waals surface area contributed by atoms with Gasteiger partial charge in [-0.3, -0.25) is 9.59 Å². The maximum absolute atomic E-state index is 13.5. The van der Waals surface area contributed by atoms with E-state index in [1.54, 1.807) is 48.4 Å². The van der Waals surface area contributed by atoms with Crippen molar-refractivity contribution in [2.45, 2.75) is 40.3 Å². The van der Waals surface area contributed by atoms with Crippen molar-refractivity contribution in [1.82, 2.24) is 9.80 Å². The Morgan fingerprint density at radius 3 is 2.31 bits per heavy atom. The van der Waals surface area contributed by atoms with E-state index in [1.807, 2.05) is 38.1 Å². The number of benzene rings is 3. The topological polar surface area (TPSA) is 88.5 Å². The van der Waals surface area contributed by atoms with E-state index in [0.717, 1.165) is 24.2 Å². The van der Waals surface area contributed by atoms with Gasteiger partial charge in [0.1, 0.15) is 18.1 Å². The van der Waals surface area contributed by atoms with Gasteiger partial charge < -0.3 is 29.1 Å². The van der Waals surface area contributed by atoms with Crippen molar-refractivity contribution in [2.24, 2.45) is 0 Å². The van der Waals surface area contributed by atoms with Crippen molar-refractivity contribution in [2.75, 3.05) is 39.9 Å². The van der Waals surface area contributed by atoms with Crippen LogP contribution in [0.4, 0.5) is 0 Å². The van der Waals surface area contributed by atoms with Crippen molar-refractivity contribution in [3.63, 3.8) is 0 Å². The quantitative estimate of drug-likeness (QED) is 0.159. The molecule has 1 unspecified atom stereocenters. The number of ether oxygens (including phenoxy) is 3.